The van der Waals surface area contributed by atoms with E-state index in [1.54, 1.807) is 0 Å². The van der Waals surface area contributed by atoms with Gasteiger partial charge in [-0.2, -0.15) is 11.8 Å². The average molecular weight is 511 g/mol. The van der Waals surface area contributed by atoms with Crippen molar-refractivity contribution in [2.24, 2.45) is 4.99 Å². The highest BCUT2D eigenvalue weighted by atomic mass is 127. The molecule has 26 heavy (non-hydrogen) atoms. The van der Waals surface area contributed by atoms with Crippen molar-refractivity contribution in [3.63, 3.8) is 0 Å². The molecular weight excluding hydrogens is 481 g/mol. The zero-order chi connectivity index (χ0) is 18.5. The molecule has 0 aliphatic carbocycles. The third kappa shape index (κ3) is 8.04. The van der Waals surface area contributed by atoms with Crippen LogP contribution in [0, 0.1) is 0 Å². The Morgan fingerprint density at radius 1 is 1.27 bits per heavy atom. The van der Waals surface area contributed by atoms with Crippen molar-refractivity contribution >= 4 is 51.5 Å². The van der Waals surface area contributed by atoms with E-state index in [1.165, 1.54) is 6.26 Å². The van der Waals surface area contributed by atoms with Gasteiger partial charge in [-0.1, -0.05) is 24.3 Å². The Morgan fingerprint density at radius 3 is 2.42 bits per heavy atom. The summed E-state index contributed by atoms with van der Waals surface area (Å²) in [7, 11) is -2.99. The topological polar surface area (TPSA) is 61.8 Å². The van der Waals surface area contributed by atoms with Crippen LogP contribution in [0.5, 0.6) is 0 Å². The van der Waals surface area contributed by atoms with Gasteiger partial charge in [0, 0.05) is 36.4 Å². The molecule has 1 aromatic carbocycles. The summed E-state index contributed by atoms with van der Waals surface area (Å²) in [5.74, 6) is 2.15. The largest absolute Gasteiger partial charge is 0.357 e. The van der Waals surface area contributed by atoms with Crippen molar-refractivity contribution in [1.82, 2.24) is 10.2 Å². The van der Waals surface area contributed by atoms with E-state index in [2.05, 4.69) is 31.0 Å². The molecule has 0 saturated carbocycles. The number of hydrogen-bond acceptors (Lipinski definition) is 4. The van der Waals surface area contributed by atoms with Crippen LogP contribution >= 0.6 is 35.7 Å². The fourth-order valence-corrected chi connectivity index (χ4v) is 4.74. The highest BCUT2D eigenvalue weighted by Crippen LogP contribution is 2.29. The summed E-state index contributed by atoms with van der Waals surface area (Å²) in [5.41, 5.74) is 1.90. The first-order valence-electron chi connectivity index (χ1n) is 8.61. The standard InChI is InChI=1S/C18H29N3O2S2.HI/c1-5-19-17(21-10-11-24-18(2,3)14-21)20-12-15-6-8-16(9-7-15)13-25(4,22)23;/h6-9H,5,10-14H2,1-4H3,(H,19,20);1H. The molecule has 5 nitrogen and oxygen atoms in total. The molecule has 8 heteroatoms. The lowest BCUT2D eigenvalue weighted by molar-refractivity contribution is 0.376. The first-order chi connectivity index (χ1) is 11.7. The molecule has 1 aliphatic rings. The van der Waals surface area contributed by atoms with Gasteiger partial charge >= 0.3 is 0 Å². The van der Waals surface area contributed by atoms with Crippen LogP contribution in [-0.2, 0) is 22.1 Å². The number of aliphatic imine (C=N–C) groups is 1. The Labute approximate surface area is 179 Å². The van der Waals surface area contributed by atoms with E-state index < -0.39 is 9.84 Å². The molecule has 1 aliphatic heterocycles. The monoisotopic (exact) mass is 511 g/mol. The van der Waals surface area contributed by atoms with Gasteiger partial charge in [-0.15, -0.1) is 24.0 Å². The number of thioether (sulfide) groups is 1. The maximum absolute atomic E-state index is 11.4. The van der Waals surface area contributed by atoms with E-state index in [9.17, 15) is 8.42 Å². The van der Waals surface area contributed by atoms with Gasteiger partial charge in [-0.25, -0.2) is 13.4 Å². The van der Waals surface area contributed by atoms with Crippen molar-refractivity contribution < 1.29 is 8.42 Å². The summed E-state index contributed by atoms with van der Waals surface area (Å²) in [6, 6.07) is 7.67. The predicted octanol–water partition coefficient (Wildman–Crippen LogP) is 3.14. The second-order valence-corrected chi connectivity index (χ2v) is 11.0. The van der Waals surface area contributed by atoms with Gasteiger partial charge in [-0.05, 0) is 31.9 Å². The highest BCUT2D eigenvalue weighted by Gasteiger charge is 2.28. The number of sulfone groups is 1. The minimum atomic E-state index is -2.99. The summed E-state index contributed by atoms with van der Waals surface area (Å²) >= 11 is 2.01. The number of guanidine groups is 1. The maximum Gasteiger partial charge on any atom is 0.194 e. The lowest BCUT2D eigenvalue weighted by Crippen LogP contribution is -2.50. The molecule has 1 saturated heterocycles. The lowest BCUT2D eigenvalue weighted by atomic mass is 10.1. The van der Waals surface area contributed by atoms with E-state index in [0.29, 0.717) is 6.54 Å². The zero-order valence-electron chi connectivity index (χ0n) is 16.0. The fraction of sp³-hybridized carbons (Fsp3) is 0.611. The van der Waals surface area contributed by atoms with Gasteiger partial charge in [-0.3, -0.25) is 0 Å². The summed E-state index contributed by atoms with van der Waals surface area (Å²) in [6.07, 6.45) is 1.26. The van der Waals surface area contributed by atoms with E-state index >= 15 is 0 Å². The van der Waals surface area contributed by atoms with Crippen LogP contribution in [0.15, 0.2) is 29.3 Å². The van der Waals surface area contributed by atoms with Gasteiger partial charge in [0.1, 0.15) is 0 Å². The van der Waals surface area contributed by atoms with E-state index in [0.717, 1.165) is 42.5 Å². The van der Waals surface area contributed by atoms with Crippen molar-refractivity contribution in [1.29, 1.82) is 0 Å². The number of nitrogens with zero attached hydrogens (tertiary/aromatic N) is 2. The minimum Gasteiger partial charge on any atom is -0.357 e. The molecule has 0 amide bonds. The summed E-state index contributed by atoms with van der Waals surface area (Å²) in [5, 5.41) is 3.39. The van der Waals surface area contributed by atoms with Crippen LogP contribution in [0.4, 0.5) is 0 Å². The molecule has 1 aromatic rings. The van der Waals surface area contributed by atoms with Gasteiger partial charge in [0.2, 0.25) is 0 Å². The number of benzene rings is 1. The number of hydrogen-bond donors (Lipinski definition) is 1. The molecule has 0 bridgehead atoms. The first-order valence-corrected chi connectivity index (χ1v) is 11.7. The number of rotatable bonds is 5. The van der Waals surface area contributed by atoms with Crippen LogP contribution in [0.3, 0.4) is 0 Å². The second-order valence-electron chi connectivity index (χ2n) is 7.09. The third-order valence-corrected chi connectivity index (χ3v) is 6.08. The zero-order valence-corrected chi connectivity index (χ0v) is 20.0. The molecule has 0 spiro atoms. The van der Waals surface area contributed by atoms with Crippen LogP contribution < -0.4 is 5.32 Å². The van der Waals surface area contributed by atoms with Gasteiger partial charge in [0.25, 0.3) is 0 Å². The quantitative estimate of drug-likeness (QED) is 0.374. The van der Waals surface area contributed by atoms with Gasteiger partial charge < -0.3 is 10.2 Å². The SMILES string of the molecule is CCNC(=NCc1ccc(CS(C)(=O)=O)cc1)N1CCSC(C)(C)C1.I. The smallest absolute Gasteiger partial charge is 0.194 e. The normalized spacial score (nSPS) is 17.5. The third-order valence-electron chi connectivity index (χ3n) is 3.92. The molecule has 0 atom stereocenters. The van der Waals surface area contributed by atoms with Gasteiger partial charge in [0.15, 0.2) is 15.8 Å². The lowest BCUT2D eigenvalue weighted by Gasteiger charge is -2.39. The van der Waals surface area contributed by atoms with Crippen LogP contribution in [0.25, 0.3) is 0 Å². The molecule has 2 rings (SSSR count). The fourth-order valence-electron chi connectivity index (χ4n) is 2.83. The molecule has 0 radical (unpaired) electrons. The molecule has 1 heterocycles. The molecule has 0 unspecified atom stereocenters. The molecular formula is C18H30IN3O2S2. The van der Waals surface area contributed by atoms with Crippen LogP contribution in [-0.4, -0.2) is 55.7 Å². The predicted molar refractivity (Wildman–Crippen MR) is 123 cm³/mol. The van der Waals surface area contributed by atoms with Crippen molar-refractivity contribution in [3.05, 3.63) is 35.4 Å². The van der Waals surface area contributed by atoms with Crippen LogP contribution in [0.1, 0.15) is 31.9 Å². The van der Waals surface area contributed by atoms with Crippen molar-refractivity contribution in [2.45, 2.75) is 37.8 Å². The summed E-state index contributed by atoms with van der Waals surface area (Å²) in [4.78, 5) is 7.11. The van der Waals surface area contributed by atoms with Crippen LogP contribution in [0.2, 0.25) is 0 Å². The highest BCUT2D eigenvalue weighted by molar-refractivity contribution is 14.0. The molecule has 1 N–H and O–H groups in total. The Hall–Kier alpha value is -0.480. The van der Waals surface area contributed by atoms with E-state index in [4.69, 9.17) is 4.99 Å². The number of halogens is 1. The maximum atomic E-state index is 11.4. The molecule has 0 aromatic heterocycles. The Bertz CT molecular complexity index is 704. The van der Waals surface area contributed by atoms with E-state index in [1.807, 2.05) is 36.0 Å². The Morgan fingerprint density at radius 2 is 1.88 bits per heavy atom. The van der Waals surface area contributed by atoms with E-state index in [-0.39, 0.29) is 34.5 Å². The Kier molecular flexibility index (Phi) is 9.22. The second kappa shape index (κ2) is 10.2. The number of nitrogens with one attached hydrogen (secondary N) is 1. The molecule has 1 fully saturated rings. The minimum absolute atomic E-state index is 0. The first kappa shape index (κ1) is 23.6. The average Bonchev–Trinajstić information content (AvgIpc) is 2.50. The summed E-state index contributed by atoms with van der Waals surface area (Å²) < 4.78 is 23.0. The molecule has 148 valence electrons. The Balaban J connectivity index is 0.00000338. The van der Waals surface area contributed by atoms with Gasteiger partial charge in [0.05, 0.1) is 12.3 Å². The summed E-state index contributed by atoms with van der Waals surface area (Å²) in [6.45, 7) is 10.0. The van der Waals surface area contributed by atoms with Crippen molar-refractivity contribution in [3.8, 4) is 0 Å². The van der Waals surface area contributed by atoms with Crippen molar-refractivity contribution in [2.75, 3.05) is 31.6 Å².